The molecule has 2 aromatic rings. The molecule has 20 heavy (non-hydrogen) atoms. The predicted octanol–water partition coefficient (Wildman–Crippen LogP) is 3.17. The molecule has 4 heteroatoms. The van der Waals surface area contributed by atoms with E-state index < -0.39 is 0 Å². The van der Waals surface area contributed by atoms with Crippen molar-refractivity contribution in [3.8, 4) is 0 Å². The van der Waals surface area contributed by atoms with E-state index >= 15 is 0 Å². The SMILES string of the molecule is OC[C@H]1N=C(c2ccccc2)O[C@H]1c1ccc(I)cc1. The zero-order valence-corrected chi connectivity index (χ0v) is 12.9. The molecule has 0 saturated heterocycles. The van der Waals surface area contributed by atoms with E-state index in [-0.39, 0.29) is 18.8 Å². The van der Waals surface area contributed by atoms with Crippen LogP contribution in [0.15, 0.2) is 59.6 Å². The maximum absolute atomic E-state index is 9.53. The minimum absolute atomic E-state index is 0.0208. The van der Waals surface area contributed by atoms with E-state index in [2.05, 4.69) is 27.6 Å². The second-order valence-corrected chi connectivity index (χ2v) is 5.89. The highest BCUT2D eigenvalue weighted by Gasteiger charge is 2.32. The second-order valence-electron chi connectivity index (χ2n) is 4.64. The molecule has 0 fully saturated rings. The molecule has 1 aliphatic heterocycles. The van der Waals surface area contributed by atoms with Crippen LogP contribution in [0.3, 0.4) is 0 Å². The number of hydrogen-bond acceptors (Lipinski definition) is 3. The normalized spacial score (nSPS) is 21.4. The van der Waals surface area contributed by atoms with Crippen LogP contribution >= 0.6 is 22.6 Å². The Balaban J connectivity index is 1.87. The Morgan fingerprint density at radius 1 is 1.05 bits per heavy atom. The van der Waals surface area contributed by atoms with Crippen LogP contribution in [0.1, 0.15) is 17.2 Å². The van der Waals surface area contributed by atoms with Gasteiger partial charge in [0, 0.05) is 9.13 Å². The van der Waals surface area contributed by atoms with Gasteiger partial charge in [-0.1, -0.05) is 30.3 Å². The molecule has 0 radical (unpaired) electrons. The Bertz CT molecular complexity index is 610. The smallest absolute Gasteiger partial charge is 0.217 e. The van der Waals surface area contributed by atoms with Gasteiger partial charge in [0.1, 0.15) is 6.04 Å². The minimum atomic E-state index is -0.245. The summed E-state index contributed by atoms with van der Waals surface area (Å²) in [5, 5.41) is 9.53. The second kappa shape index (κ2) is 5.93. The molecule has 0 spiro atoms. The average Bonchev–Trinajstić information content (AvgIpc) is 2.93. The van der Waals surface area contributed by atoms with Crippen molar-refractivity contribution in [2.24, 2.45) is 4.99 Å². The van der Waals surface area contributed by atoms with Crippen molar-refractivity contribution in [3.05, 3.63) is 69.3 Å². The molecule has 2 atom stereocenters. The number of nitrogens with zero attached hydrogens (tertiary/aromatic N) is 1. The largest absolute Gasteiger partial charge is 0.467 e. The van der Waals surface area contributed by atoms with Gasteiger partial charge in [-0.15, -0.1) is 0 Å². The van der Waals surface area contributed by atoms with Gasteiger partial charge in [0.05, 0.1) is 6.61 Å². The fourth-order valence-corrected chi connectivity index (χ4v) is 2.61. The number of rotatable bonds is 3. The Hall–Kier alpha value is -1.40. The molecular weight excluding hydrogens is 365 g/mol. The summed E-state index contributed by atoms with van der Waals surface area (Å²) < 4.78 is 7.14. The van der Waals surface area contributed by atoms with Gasteiger partial charge in [-0.2, -0.15) is 0 Å². The quantitative estimate of drug-likeness (QED) is 0.833. The molecular formula is C16H14INO2. The topological polar surface area (TPSA) is 41.8 Å². The van der Waals surface area contributed by atoms with E-state index in [1.54, 1.807) is 0 Å². The first-order chi connectivity index (χ1) is 9.78. The Morgan fingerprint density at radius 2 is 1.75 bits per heavy atom. The monoisotopic (exact) mass is 379 g/mol. The van der Waals surface area contributed by atoms with Gasteiger partial charge >= 0.3 is 0 Å². The van der Waals surface area contributed by atoms with Crippen molar-refractivity contribution in [1.29, 1.82) is 0 Å². The van der Waals surface area contributed by atoms with E-state index in [1.165, 1.54) is 3.57 Å². The average molecular weight is 379 g/mol. The highest BCUT2D eigenvalue weighted by atomic mass is 127. The van der Waals surface area contributed by atoms with E-state index in [4.69, 9.17) is 4.74 Å². The van der Waals surface area contributed by atoms with Crippen LogP contribution in [0, 0.1) is 3.57 Å². The lowest BCUT2D eigenvalue weighted by atomic mass is 10.0. The molecule has 3 rings (SSSR count). The number of halogens is 1. The standard InChI is InChI=1S/C16H14INO2/c17-13-8-6-11(7-9-13)15-14(10-19)18-16(20-15)12-4-2-1-3-5-12/h1-9,14-15,19H,10H2/t14-,15+/m1/s1. The van der Waals surface area contributed by atoms with Crippen molar-refractivity contribution in [2.45, 2.75) is 12.1 Å². The summed E-state index contributed by atoms with van der Waals surface area (Å²) in [4.78, 5) is 4.50. The van der Waals surface area contributed by atoms with Crippen molar-refractivity contribution >= 4 is 28.5 Å². The number of ether oxygens (including phenoxy) is 1. The first-order valence-corrected chi connectivity index (χ1v) is 7.52. The third-order valence-corrected chi connectivity index (χ3v) is 4.00. The molecule has 2 aromatic carbocycles. The van der Waals surface area contributed by atoms with Crippen LogP contribution in [0.25, 0.3) is 0 Å². The third kappa shape index (κ3) is 2.71. The predicted molar refractivity (Wildman–Crippen MR) is 86.8 cm³/mol. The fourth-order valence-electron chi connectivity index (χ4n) is 2.25. The number of benzene rings is 2. The van der Waals surface area contributed by atoms with Gasteiger partial charge in [-0.05, 0) is 52.4 Å². The zero-order chi connectivity index (χ0) is 13.9. The van der Waals surface area contributed by atoms with E-state index in [1.807, 2.05) is 54.6 Å². The van der Waals surface area contributed by atoms with Gasteiger partial charge in [-0.25, -0.2) is 4.99 Å². The van der Waals surface area contributed by atoms with Crippen molar-refractivity contribution in [3.63, 3.8) is 0 Å². The summed E-state index contributed by atoms with van der Waals surface area (Å²) in [7, 11) is 0. The fraction of sp³-hybridized carbons (Fsp3) is 0.188. The first kappa shape index (κ1) is 13.6. The highest BCUT2D eigenvalue weighted by molar-refractivity contribution is 14.1. The van der Waals surface area contributed by atoms with Gasteiger partial charge in [-0.3, -0.25) is 0 Å². The highest BCUT2D eigenvalue weighted by Crippen LogP contribution is 2.31. The molecule has 0 unspecified atom stereocenters. The van der Waals surface area contributed by atoms with Crippen LogP contribution in [0.5, 0.6) is 0 Å². The third-order valence-electron chi connectivity index (χ3n) is 3.28. The van der Waals surface area contributed by atoms with Crippen LogP contribution in [0.2, 0.25) is 0 Å². The summed E-state index contributed by atoms with van der Waals surface area (Å²) in [6, 6.07) is 17.7. The zero-order valence-electron chi connectivity index (χ0n) is 10.7. The summed E-state index contributed by atoms with van der Waals surface area (Å²) in [5.41, 5.74) is 1.98. The summed E-state index contributed by atoms with van der Waals surface area (Å²) >= 11 is 2.27. The van der Waals surface area contributed by atoms with Gasteiger partial charge in [0.2, 0.25) is 5.90 Å². The number of aliphatic hydroxyl groups excluding tert-OH is 1. The number of aliphatic hydroxyl groups is 1. The molecule has 0 saturated carbocycles. The van der Waals surface area contributed by atoms with E-state index in [0.717, 1.165) is 11.1 Å². The number of hydrogen-bond donors (Lipinski definition) is 1. The number of aliphatic imine (C=N–C) groups is 1. The molecule has 0 bridgehead atoms. The van der Waals surface area contributed by atoms with E-state index in [0.29, 0.717) is 5.90 Å². The molecule has 102 valence electrons. The lowest BCUT2D eigenvalue weighted by Gasteiger charge is -2.16. The Kier molecular flexibility index (Phi) is 4.03. The van der Waals surface area contributed by atoms with Gasteiger partial charge in [0.15, 0.2) is 6.10 Å². The van der Waals surface area contributed by atoms with Crippen molar-refractivity contribution < 1.29 is 9.84 Å². The van der Waals surface area contributed by atoms with Crippen LogP contribution < -0.4 is 0 Å². The van der Waals surface area contributed by atoms with Crippen LogP contribution in [0.4, 0.5) is 0 Å². The van der Waals surface area contributed by atoms with Crippen LogP contribution in [-0.2, 0) is 4.74 Å². The first-order valence-electron chi connectivity index (χ1n) is 6.44. The molecule has 1 N–H and O–H groups in total. The van der Waals surface area contributed by atoms with Gasteiger partial charge in [0.25, 0.3) is 0 Å². The maximum atomic E-state index is 9.53. The summed E-state index contributed by atoms with van der Waals surface area (Å²) in [6.07, 6.45) is -0.216. The van der Waals surface area contributed by atoms with Crippen LogP contribution in [-0.4, -0.2) is 23.7 Å². The van der Waals surface area contributed by atoms with Crippen molar-refractivity contribution in [2.75, 3.05) is 6.61 Å². The lowest BCUT2D eigenvalue weighted by Crippen LogP contribution is -2.17. The molecule has 0 amide bonds. The lowest BCUT2D eigenvalue weighted by molar-refractivity contribution is 0.152. The van der Waals surface area contributed by atoms with E-state index in [9.17, 15) is 5.11 Å². The Morgan fingerprint density at radius 3 is 2.40 bits per heavy atom. The molecule has 1 aliphatic rings. The molecule has 1 heterocycles. The maximum Gasteiger partial charge on any atom is 0.217 e. The Labute approximate surface area is 131 Å². The van der Waals surface area contributed by atoms with Crippen molar-refractivity contribution in [1.82, 2.24) is 0 Å². The molecule has 0 aromatic heterocycles. The molecule has 3 nitrogen and oxygen atoms in total. The summed E-state index contributed by atoms with van der Waals surface area (Å²) in [5.74, 6) is 0.605. The summed E-state index contributed by atoms with van der Waals surface area (Å²) in [6.45, 7) is -0.0208. The minimum Gasteiger partial charge on any atom is -0.467 e. The molecule has 0 aliphatic carbocycles. The van der Waals surface area contributed by atoms with Gasteiger partial charge < -0.3 is 9.84 Å².